The zero-order valence-electron chi connectivity index (χ0n) is 22.2. The lowest BCUT2D eigenvalue weighted by atomic mass is 10.0. The van der Waals surface area contributed by atoms with Crippen LogP contribution < -0.4 is 23.8 Å². The smallest absolute Gasteiger partial charge is 0.270 e. The van der Waals surface area contributed by atoms with E-state index in [2.05, 4.69) is 5.32 Å². The first-order valence-corrected chi connectivity index (χ1v) is 13.6. The van der Waals surface area contributed by atoms with Gasteiger partial charge in [-0.3, -0.25) is 9.10 Å². The molecule has 3 aromatic carbocycles. The summed E-state index contributed by atoms with van der Waals surface area (Å²) >= 11 is 0. The third-order valence-corrected chi connectivity index (χ3v) is 8.49. The van der Waals surface area contributed by atoms with Crippen molar-refractivity contribution in [2.24, 2.45) is 0 Å². The van der Waals surface area contributed by atoms with Crippen molar-refractivity contribution in [2.45, 2.75) is 27.3 Å². The van der Waals surface area contributed by atoms with Gasteiger partial charge in [-0.2, -0.15) is 0 Å². The number of allylic oxidation sites excluding steroid dienone is 1. The molecule has 0 radical (unpaired) electrons. The number of hydrogen-bond acceptors (Lipinski definition) is 6. The van der Waals surface area contributed by atoms with Gasteiger partial charge in [-0.1, -0.05) is 36.4 Å². The summed E-state index contributed by atoms with van der Waals surface area (Å²) in [6, 6.07) is 18.3. The first-order valence-electron chi connectivity index (χ1n) is 12.2. The number of nitrogens with one attached hydrogen (secondary N) is 1. The summed E-state index contributed by atoms with van der Waals surface area (Å²) in [6.07, 6.45) is 0. The Balaban J connectivity index is 1.65. The highest BCUT2D eigenvalue weighted by molar-refractivity contribution is 7.97. The van der Waals surface area contributed by atoms with Gasteiger partial charge in [0.05, 0.1) is 33.0 Å². The number of amides is 1. The molecule has 0 aromatic heterocycles. The molecule has 4 rings (SSSR count). The summed E-state index contributed by atoms with van der Waals surface area (Å²) in [5.74, 6) is 0.825. The molecule has 8 nitrogen and oxygen atoms in total. The summed E-state index contributed by atoms with van der Waals surface area (Å²) in [7, 11) is -1.21. The van der Waals surface area contributed by atoms with E-state index in [1.165, 1.54) is 18.5 Å². The first-order chi connectivity index (χ1) is 18.2. The minimum Gasteiger partial charge on any atom is -0.493 e. The second kappa shape index (κ2) is 11.2. The highest BCUT2D eigenvalue weighted by atomic mass is 32.2. The number of ether oxygens (including phenoxy) is 3. The van der Waals surface area contributed by atoms with Crippen molar-refractivity contribution >= 4 is 27.2 Å². The van der Waals surface area contributed by atoms with Crippen LogP contribution in [0.3, 0.4) is 0 Å². The first kappa shape index (κ1) is 27.1. The number of rotatable bonds is 9. The predicted molar refractivity (Wildman–Crippen MR) is 148 cm³/mol. The summed E-state index contributed by atoms with van der Waals surface area (Å²) in [5.41, 5.74) is 4.36. The molecule has 0 saturated carbocycles. The van der Waals surface area contributed by atoms with Crippen LogP contribution in [0.1, 0.15) is 29.2 Å². The van der Waals surface area contributed by atoms with Crippen molar-refractivity contribution in [3.8, 4) is 17.2 Å². The Bertz CT molecular complexity index is 1480. The van der Waals surface area contributed by atoms with Crippen LogP contribution in [0.25, 0.3) is 5.57 Å². The Hall–Kier alpha value is -3.98. The van der Waals surface area contributed by atoms with E-state index in [1.807, 2.05) is 62.4 Å². The molecule has 0 fully saturated rings. The summed E-state index contributed by atoms with van der Waals surface area (Å²) in [6.45, 7) is 6.02. The highest BCUT2D eigenvalue weighted by Crippen LogP contribution is 2.45. The lowest BCUT2D eigenvalue weighted by Crippen LogP contribution is -2.41. The van der Waals surface area contributed by atoms with Crippen molar-refractivity contribution in [2.75, 3.05) is 31.7 Å². The van der Waals surface area contributed by atoms with Crippen molar-refractivity contribution in [3.63, 3.8) is 0 Å². The molecule has 0 saturated heterocycles. The van der Waals surface area contributed by atoms with Crippen molar-refractivity contribution in [3.05, 3.63) is 87.8 Å². The summed E-state index contributed by atoms with van der Waals surface area (Å²) < 4.78 is 45.7. The van der Waals surface area contributed by atoms with Gasteiger partial charge in [-0.15, -0.1) is 0 Å². The summed E-state index contributed by atoms with van der Waals surface area (Å²) in [4.78, 5) is 13.0. The second-order valence-corrected chi connectivity index (χ2v) is 10.8. The van der Waals surface area contributed by atoms with Crippen LogP contribution in [-0.4, -0.2) is 41.7 Å². The lowest BCUT2D eigenvalue weighted by Gasteiger charge is -2.33. The number of carbonyl (C=O) groups is 1. The molecule has 1 heterocycles. The van der Waals surface area contributed by atoms with Crippen molar-refractivity contribution in [1.29, 1.82) is 0 Å². The number of aryl methyl sites for hydroxylation is 2. The molecule has 1 amide bonds. The number of hydrogen-bond donors (Lipinski definition) is 1. The van der Waals surface area contributed by atoms with Gasteiger partial charge in [0.15, 0.2) is 16.4 Å². The van der Waals surface area contributed by atoms with Gasteiger partial charge in [0.1, 0.15) is 12.4 Å². The molecular formula is C29H32N2O6S. The molecule has 0 atom stereocenters. The van der Waals surface area contributed by atoms with Crippen LogP contribution in [-0.2, 0) is 21.4 Å². The molecule has 0 aliphatic carbocycles. The fourth-order valence-electron chi connectivity index (χ4n) is 4.35. The normalized spacial score (nSPS) is 14.1. The fraction of sp³-hybridized carbons (Fsp3) is 0.276. The maximum absolute atomic E-state index is 13.9. The van der Waals surface area contributed by atoms with Crippen LogP contribution in [0.4, 0.5) is 5.69 Å². The van der Waals surface area contributed by atoms with E-state index in [-0.39, 0.29) is 24.6 Å². The van der Waals surface area contributed by atoms with E-state index in [9.17, 15) is 13.2 Å². The van der Waals surface area contributed by atoms with Crippen LogP contribution >= 0.6 is 0 Å². The second-order valence-electron chi connectivity index (χ2n) is 9.03. The monoisotopic (exact) mass is 536 g/mol. The molecule has 1 N–H and O–H groups in total. The minimum absolute atomic E-state index is 0.0472. The molecule has 1 aliphatic rings. The average Bonchev–Trinajstić information content (AvgIpc) is 2.90. The van der Waals surface area contributed by atoms with E-state index in [4.69, 9.17) is 14.2 Å². The predicted octanol–water partition coefficient (Wildman–Crippen LogP) is 4.60. The Labute approximate surface area is 223 Å². The third kappa shape index (κ3) is 5.33. The van der Waals surface area contributed by atoms with Crippen molar-refractivity contribution in [1.82, 2.24) is 5.32 Å². The third-order valence-electron chi connectivity index (χ3n) is 6.57. The number of nitrogens with zero attached hydrogens (tertiary/aromatic N) is 1. The molecule has 9 heteroatoms. The van der Waals surface area contributed by atoms with Crippen molar-refractivity contribution < 1.29 is 27.4 Å². The van der Waals surface area contributed by atoms with Crippen LogP contribution in [0.2, 0.25) is 0 Å². The van der Waals surface area contributed by atoms with E-state index in [0.29, 0.717) is 34.1 Å². The average molecular weight is 537 g/mol. The Morgan fingerprint density at radius 1 is 0.895 bits per heavy atom. The number of anilines is 1. The van der Waals surface area contributed by atoms with Crippen LogP contribution in [0.5, 0.6) is 17.2 Å². The SMILES string of the molecule is COc1cc2c(cc1OC)N(Cc1ccccc1)S(=O)(=O)C(C(=O)NCCOc1ccc(C)c(C)c1)=C2C. The zero-order chi connectivity index (χ0) is 27.4. The standard InChI is InChI=1S/C29H32N2O6S/c1-19-11-12-23(15-20(19)2)37-14-13-30-29(32)28-21(3)24-16-26(35-4)27(36-5)17-25(24)31(38(28,33)34)18-22-9-7-6-8-10-22/h6-12,15-17H,13-14,18H2,1-5H3,(H,30,32). The van der Waals surface area contributed by atoms with E-state index in [0.717, 1.165) is 16.7 Å². The fourth-order valence-corrected chi connectivity index (χ4v) is 6.11. The molecule has 38 heavy (non-hydrogen) atoms. The van der Waals surface area contributed by atoms with Crippen LogP contribution in [0.15, 0.2) is 65.6 Å². The minimum atomic E-state index is -4.20. The quantitative estimate of drug-likeness (QED) is 0.402. The van der Waals surface area contributed by atoms with E-state index >= 15 is 0 Å². The largest absolute Gasteiger partial charge is 0.493 e. The maximum Gasteiger partial charge on any atom is 0.270 e. The molecule has 0 spiro atoms. The molecule has 1 aliphatic heterocycles. The maximum atomic E-state index is 13.9. The van der Waals surface area contributed by atoms with Crippen LogP contribution in [0, 0.1) is 13.8 Å². The number of fused-ring (bicyclic) bond motifs is 1. The molecule has 0 unspecified atom stereocenters. The summed E-state index contributed by atoms with van der Waals surface area (Å²) in [5, 5.41) is 2.72. The molecule has 3 aromatic rings. The van der Waals surface area contributed by atoms with Gasteiger partial charge < -0.3 is 19.5 Å². The zero-order valence-corrected chi connectivity index (χ0v) is 23.0. The van der Waals surface area contributed by atoms with Gasteiger partial charge in [0.25, 0.3) is 15.9 Å². The van der Waals surface area contributed by atoms with Gasteiger partial charge in [-0.05, 0) is 61.2 Å². The Morgan fingerprint density at radius 2 is 1.58 bits per heavy atom. The Kier molecular flexibility index (Phi) is 7.97. The Morgan fingerprint density at radius 3 is 2.24 bits per heavy atom. The van der Waals surface area contributed by atoms with Gasteiger partial charge in [-0.25, -0.2) is 8.42 Å². The van der Waals surface area contributed by atoms with Gasteiger partial charge in [0, 0.05) is 11.6 Å². The van der Waals surface area contributed by atoms with E-state index < -0.39 is 15.9 Å². The lowest BCUT2D eigenvalue weighted by molar-refractivity contribution is -0.116. The highest BCUT2D eigenvalue weighted by Gasteiger charge is 2.40. The van der Waals surface area contributed by atoms with Gasteiger partial charge >= 0.3 is 0 Å². The number of methoxy groups -OCH3 is 2. The van der Waals surface area contributed by atoms with E-state index in [1.54, 1.807) is 19.1 Å². The topological polar surface area (TPSA) is 94.2 Å². The number of carbonyl (C=O) groups excluding carboxylic acids is 1. The van der Waals surface area contributed by atoms with Gasteiger partial charge in [0.2, 0.25) is 0 Å². The number of benzene rings is 3. The molecule has 200 valence electrons. The number of sulfonamides is 1. The molecular weight excluding hydrogens is 504 g/mol. The molecule has 0 bridgehead atoms.